The van der Waals surface area contributed by atoms with Gasteiger partial charge in [0, 0.05) is 27.9 Å². The zero-order valence-electron chi connectivity index (χ0n) is 28.4. The zero-order chi connectivity index (χ0) is 34.2. The maximum atomic E-state index is 5.34. The number of hydrogen-bond donors (Lipinski definition) is 1. The van der Waals surface area contributed by atoms with E-state index in [2.05, 4.69) is 197 Å². The molecule has 3 unspecified atom stereocenters. The van der Waals surface area contributed by atoms with Crippen LogP contribution in [-0.2, 0) is 0 Å². The highest BCUT2D eigenvalue weighted by atomic mass is 15.3. The lowest BCUT2D eigenvalue weighted by Gasteiger charge is -2.35. The van der Waals surface area contributed by atoms with Crippen molar-refractivity contribution < 1.29 is 0 Å². The number of fused-ring (bicyclic) bond motifs is 9. The molecule has 1 aromatic heterocycles. The van der Waals surface area contributed by atoms with Crippen LogP contribution in [0.4, 0.5) is 11.4 Å². The van der Waals surface area contributed by atoms with Gasteiger partial charge in [-0.05, 0) is 69.4 Å². The van der Waals surface area contributed by atoms with Gasteiger partial charge in [-0.25, -0.2) is 4.99 Å². The predicted molar refractivity (Wildman–Crippen MR) is 216 cm³/mol. The summed E-state index contributed by atoms with van der Waals surface area (Å²) in [5.41, 5.74) is 11.9. The molecule has 11 rings (SSSR count). The van der Waals surface area contributed by atoms with Crippen molar-refractivity contribution in [2.75, 3.05) is 4.90 Å². The van der Waals surface area contributed by atoms with E-state index in [1.165, 1.54) is 66.1 Å². The van der Waals surface area contributed by atoms with Crippen molar-refractivity contribution in [2.45, 2.75) is 18.0 Å². The van der Waals surface area contributed by atoms with Crippen molar-refractivity contribution in [3.63, 3.8) is 0 Å². The van der Waals surface area contributed by atoms with E-state index in [4.69, 9.17) is 4.99 Å². The molecule has 246 valence electrons. The van der Waals surface area contributed by atoms with E-state index in [1.807, 2.05) is 0 Å². The van der Waals surface area contributed by atoms with Crippen molar-refractivity contribution in [1.29, 1.82) is 0 Å². The Morgan fingerprint density at radius 3 is 2.15 bits per heavy atom. The number of hydrogen-bond acceptors (Lipinski definition) is 3. The van der Waals surface area contributed by atoms with Gasteiger partial charge in [0.15, 0.2) is 0 Å². The van der Waals surface area contributed by atoms with E-state index < -0.39 is 0 Å². The molecule has 52 heavy (non-hydrogen) atoms. The highest BCUT2D eigenvalue weighted by Gasteiger charge is 2.41. The molecule has 4 heteroatoms. The number of aromatic nitrogens is 1. The standard InChI is InChI=1S/C48H34N4/c1-3-13-31(14-4-1)32-23-26-35(27-24-32)51-43-28-25-33-15-7-8-18-36(33)46(43)40-29-39-37-19-10-12-22-42(37)52(44(39)30-45(40)51)48-49-41-21-11-9-20-38(41)47(50-48)34-16-5-2-6-17-34/h1-30,37,42,47H,(H,49,50). The molecule has 0 bridgehead atoms. The number of anilines is 1. The van der Waals surface area contributed by atoms with Gasteiger partial charge in [-0.3, -0.25) is 0 Å². The number of benzene rings is 7. The van der Waals surface area contributed by atoms with Crippen LogP contribution in [0.1, 0.15) is 28.7 Å². The van der Waals surface area contributed by atoms with E-state index in [0.717, 1.165) is 17.3 Å². The Labute approximate surface area is 302 Å². The summed E-state index contributed by atoms with van der Waals surface area (Å²) in [6, 6.07) is 57.2. The number of nitrogens with one attached hydrogen (secondary N) is 1. The number of aliphatic imine (C=N–C) groups is 1. The minimum absolute atomic E-state index is 0.0137. The first-order chi connectivity index (χ1) is 25.8. The van der Waals surface area contributed by atoms with Gasteiger partial charge >= 0.3 is 0 Å². The summed E-state index contributed by atoms with van der Waals surface area (Å²) >= 11 is 0. The maximum Gasteiger partial charge on any atom is 0.205 e. The van der Waals surface area contributed by atoms with Crippen LogP contribution in [0.5, 0.6) is 0 Å². The fourth-order valence-electron chi connectivity index (χ4n) is 8.79. The minimum atomic E-state index is -0.0137. The molecule has 0 radical (unpaired) electrons. The summed E-state index contributed by atoms with van der Waals surface area (Å²) in [4.78, 5) is 7.79. The molecule has 1 aliphatic carbocycles. The molecule has 0 spiro atoms. The monoisotopic (exact) mass is 666 g/mol. The first-order valence-electron chi connectivity index (χ1n) is 18.1. The summed E-state index contributed by atoms with van der Waals surface area (Å²) in [7, 11) is 0. The third kappa shape index (κ3) is 4.37. The largest absolute Gasteiger partial charge is 0.345 e. The number of allylic oxidation sites excluding steroid dienone is 2. The lowest BCUT2D eigenvalue weighted by Crippen LogP contribution is -2.48. The zero-order valence-corrected chi connectivity index (χ0v) is 28.4. The number of rotatable bonds is 3. The van der Waals surface area contributed by atoms with Crippen molar-refractivity contribution in [2.24, 2.45) is 4.99 Å². The third-order valence-electron chi connectivity index (χ3n) is 11.2. The van der Waals surface area contributed by atoms with Gasteiger partial charge in [0.1, 0.15) is 0 Å². The fourth-order valence-corrected chi connectivity index (χ4v) is 8.79. The summed E-state index contributed by atoms with van der Waals surface area (Å²) in [5.74, 6) is 1.07. The van der Waals surface area contributed by atoms with Crippen molar-refractivity contribution in [3.8, 4) is 16.8 Å². The highest BCUT2D eigenvalue weighted by molar-refractivity contribution is 6.22. The smallest absolute Gasteiger partial charge is 0.205 e. The minimum Gasteiger partial charge on any atom is -0.345 e. The lowest BCUT2D eigenvalue weighted by molar-refractivity contribution is 0.696. The van der Waals surface area contributed by atoms with E-state index in [-0.39, 0.29) is 18.0 Å². The SMILES string of the molecule is C1=CC2c3cc4c5c6ccccc6ccc5n(-c5ccc(-c6ccccc6)cc5)c4cc3N(C3=Nc4ccccc4C(c4ccccc4)N3)C2C=C1. The van der Waals surface area contributed by atoms with Gasteiger partial charge in [0.25, 0.3) is 0 Å². The molecular formula is C48H34N4. The van der Waals surface area contributed by atoms with Crippen LogP contribution in [0.15, 0.2) is 187 Å². The van der Waals surface area contributed by atoms with E-state index >= 15 is 0 Å². The second-order valence-corrected chi connectivity index (χ2v) is 14.0. The first kappa shape index (κ1) is 29.1. The number of para-hydroxylation sites is 1. The maximum absolute atomic E-state index is 5.34. The molecule has 0 saturated heterocycles. The van der Waals surface area contributed by atoms with Crippen LogP contribution in [0.25, 0.3) is 49.4 Å². The van der Waals surface area contributed by atoms with Crippen LogP contribution in [0.3, 0.4) is 0 Å². The lowest BCUT2D eigenvalue weighted by atomic mass is 9.90. The summed E-state index contributed by atoms with van der Waals surface area (Å²) in [6.07, 6.45) is 9.08. The van der Waals surface area contributed by atoms with Crippen LogP contribution in [-0.4, -0.2) is 16.6 Å². The molecule has 8 aromatic rings. The summed E-state index contributed by atoms with van der Waals surface area (Å²) < 4.78 is 2.45. The number of nitrogens with zero attached hydrogens (tertiary/aromatic N) is 3. The van der Waals surface area contributed by atoms with Crippen LogP contribution in [0.2, 0.25) is 0 Å². The van der Waals surface area contributed by atoms with Crippen LogP contribution in [0, 0.1) is 0 Å². The molecule has 0 saturated carbocycles. The molecule has 3 heterocycles. The highest BCUT2D eigenvalue weighted by Crippen LogP contribution is 2.49. The Morgan fingerprint density at radius 1 is 0.558 bits per heavy atom. The summed E-state index contributed by atoms with van der Waals surface area (Å²) in [6.45, 7) is 0. The number of guanidine groups is 1. The quantitative estimate of drug-likeness (QED) is 0.204. The molecule has 7 aromatic carbocycles. The van der Waals surface area contributed by atoms with Crippen LogP contribution < -0.4 is 10.2 Å². The van der Waals surface area contributed by atoms with Gasteiger partial charge in [-0.15, -0.1) is 0 Å². The van der Waals surface area contributed by atoms with Gasteiger partial charge < -0.3 is 14.8 Å². The van der Waals surface area contributed by atoms with Crippen LogP contribution >= 0.6 is 0 Å². The van der Waals surface area contributed by atoms with Crippen molar-refractivity contribution in [1.82, 2.24) is 9.88 Å². The first-order valence-corrected chi connectivity index (χ1v) is 18.1. The van der Waals surface area contributed by atoms with Crippen molar-refractivity contribution in [3.05, 3.63) is 199 Å². The normalized spacial score (nSPS) is 18.7. The molecule has 3 aliphatic rings. The molecule has 3 atom stereocenters. The molecule has 4 nitrogen and oxygen atoms in total. The molecular weight excluding hydrogens is 633 g/mol. The predicted octanol–water partition coefficient (Wildman–Crippen LogP) is 11.4. The Kier molecular flexibility index (Phi) is 6.41. The van der Waals surface area contributed by atoms with Gasteiger partial charge in [-0.1, -0.05) is 146 Å². The second kappa shape index (κ2) is 11.4. The Bertz CT molecular complexity index is 2770. The van der Waals surface area contributed by atoms with E-state index in [9.17, 15) is 0 Å². The Morgan fingerprint density at radius 2 is 1.29 bits per heavy atom. The van der Waals surface area contributed by atoms with E-state index in [0.29, 0.717) is 0 Å². The van der Waals surface area contributed by atoms with Gasteiger partial charge in [0.05, 0.1) is 34.5 Å². The fraction of sp³-hybridized carbons (Fsp3) is 0.0625. The molecule has 2 aliphatic heterocycles. The van der Waals surface area contributed by atoms with Crippen molar-refractivity contribution >= 4 is 49.9 Å². The Balaban J connectivity index is 1.15. The van der Waals surface area contributed by atoms with Gasteiger partial charge in [0.2, 0.25) is 5.96 Å². The average molecular weight is 667 g/mol. The van der Waals surface area contributed by atoms with Gasteiger partial charge in [-0.2, -0.15) is 0 Å². The molecule has 1 N–H and O–H groups in total. The third-order valence-corrected chi connectivity index (χ3v) is 11.2. The molecule has 0 fully saturated rings. The average Bonchev–Trinajstić information content (AvgIpc) is 3.72. The second-order valence-electron chi connectivity index (χ2n) is 14.0. The Hall–Kier alpha value is -6.65. The molecule has 0 amide bonds. The summed E-state index contributed by atoms with van der Waals surface area (Å²) in [5, 5.41) is 9.01. The van der Waals surface area contributed by atoms with E-state index in [1.54, 1.807) is 0 Å². The topological polar surface area (TPSA) is 32.6 Å².